The highest BCUT2D eigenvalue weighted by Crippen LogP contribution is 2.19. The van der Waals surface area contributed by atoms with E-state index < -0.39 is 6.04 Å². The fourth-order valence-electron chi connectivity index (χ4n) is 3.84. The Morgan fingerprint density at radius 3 is 2.55 bits per heavy atom. The summed E-state index contributed by atoms with van der Waals surface area (Å²) in [7, 11) is 0. The van der Waals surface area contributed by atoms with Crippen LogP contribution in [0.1, 0.15) is 51.5 Å². The number of nitrogens with one attached hydrogen (secondary N) is 1. The van der Waals surface area contributed by atoms with Gasteiger partial charge in [0.1, 0.15) is 23.6 Å². The first-order chi connectivity index (χ1) is 14.0. The van der Waals surface area contributed by atoms with Gasteiger partial charge in [0.15, 0.2) is 5.65 Å². The van der Waals surface area contributed by atoms with Gasteiger partial charge in [-0.05, 0) is 44.0 Å². The zero-order valence-electron chi connectivity index (χ0n) is 16.3. The second-order valence-electron chi connectivity index (χ2n) is 7.60. The number of halogens is 1. The first kappa shape index (κ1) is 19.3. The van der Waals surface area contributed by atoms with Gasteiger partial charge >= 0.3 is 0 Å². The van der Waals surface area contributed by atoms with Crippen LogP contribution in [0.5, 0.6) is 0 Å². The molecule has 1 saturated carbocycles. The standard InChI is InChI=1S/C21H24FN5O2/c1-14(20(28)25-16-6-4-2-3-5-7-16)26-13-23-19-18(21(26)29)12-24-27(19)17-10-8-15(22)9-11-17/h8-14,16H,2-7H2,1H3,(H,25,28)/t14-/m1/s1. The molecule has 2 heterocycles. The molecule has 3 aromatic rings. The number of fused-ring (bicyclic) bond motifs is 1. The average Bonchev–Trinajstić information content (AvgIpc) is 2.99. The maximum Gasteiger partial charge on any atom is 0.265 e. The molecule has 8 heteroatoms. The Morgan fingerprint density at radius 1 is 1.17 bits per heavy atom. The Kier molecular flexibility index (Phi) is 5.42. The number of hydrogen-bond acceptors (Lipinski definition) is 4. The summed E-state index contributed by atoms with van der Waals surface area (Å²) in [5.74, 6) is -0.528. The minimum absolute atomic E-state index is 0.168. The normalized spacial score (nSPS) is 16.5. The van der Waals surface area contributed by atoms with Gasteiger partial charge in [0.25, 0.3) is 5.56 Å². The first-order valence-corrected chi connectivity index (χ1v) is 10.1. The first-order valence-electron chi connectivity index (χ1n) is 10.1. The van der Waals surface area contributed by atoms with Gasteiger partial charge in [-0.15, -0.1) is 0 Å². The fourth-order valence-corrected chi connectivity index (χ4v) is 3.84. The molecular weight excluding hydrogens is 373 g/mol. The molecule has 4 rings (SSSR count). The van der Waals surface area contributed by atoms with Crippen molar-refractivity contribution >= 4 is 16.9 Å². The molecule has 0 saturated heterocycles. The lowest BCUT2D eigenvalue weighted by atomic mass is 10.1. The van der Waals surface area contributed by atoms with Crippen LogP contribution in [0.4, 0.5) is 4.39 Å². The van der Waals surface area contributed by atoms with E-state index in [0.29, 0.717) is 16.7 Å². The SMILES string of the molecule is C[C@H](C(=O)NC1CCCCCC1)n1cnc2c(cnn2-c2ccc(F)cc2)c1=O. The summed E-state index contributed by atoms with van der Waals surface area (Å²) in [6.07, 6.45) is 9.43. The molecule has 29 heavy (non-hydrogen) atoms. The van der Waals surface area contributed by atoms with Crippen LogP contribution in [0.15, 0.2) is 41.6 Å². The third-order valence-corrected chi connectivity index (χ3v) is 5.58. The topological polar surface area (TPSA) is 81.8 Å². The minimum Gasteiger partial charge on any atom is -0.352 e. The second-order valence-corrected chi connectivity index (χ2v) is 7.60. The molecular formula is C21H24FN5O2. The third kappa shape index (κ3) is 3.92. The van der Waals surface area contributed by atoms with Crippen molar-refractivity contribution in [2.45, 2.75) is 57.5 Å². The van der Waals surface area contributed by atoms with E-state index in [0.717, 1.165) is 25.7 Å². The van der Waals surface area contributed by atoms with E-state index in [2.05, 4.69) is 15.4 Å². The number of aromatic nitrogens is 4. The predicted octanol–water partition coefficient (Wildman–Crippen LogP) is 3.12. The average molecular weight is 397 g/mol. The van der Waals surface area contributed by atoms with Crippen LogP contribution in [0, 0.1) is 5.82 Å². The van der Waals surface area contributed by atoms with Crippen molar-refractivity contribution in [3.05, 3.63) is 53.0 Å². The minimum atomic E-state index is -0.670. The van der Waals surface area contributed by atoms with Crippen LogP contribution in [-0.2, 0) is 4.79 Å². The molecule has 1 aromatic carbocycles. The molecule has 0 radical (unpaired) electrons. The van der Waals surface area contributed by atoms with Crippen molar-refractivity contribution in [1.29, 1.82) is 0 Å². The van der Waals surface area contributed by atoms with Gasteiger partial charge in [-0.2, -0.15) is 5.10 Å². The summed E-state index contributed by atoms with van der Waals surface area (Å²) in [5, 5.41) is 7.62. The molecule has 0 bridgehead atoms. The van der Waals surface area contributed by atoms with Gasteiger partial charge in [-0.25, -0.2) is 14.1 Å². The molecule has 0 aliphatic heterocycles. The Labute approximate surface area is 167 Å². The van der Waals surface area contributed by atoms with E-state index in [1.165, 1.54) is 46.7 Å². The van der Waals surface area contributed by atoms with E-state index in [-0.39, 0.29) is 23.3 Å². The van der Waals surface area contributed by atoms with Crippen molar-refractivity contribution in [2.75, 3.05) is 0 Å². The van der Waals surface area contributed by atoms with E-state index in [1.807, 2.05) is 0 Å². The van der Waals surface area contributed by atoms with E-state index >= 15 is 0 Å². The molecule has 1 amide bonds. The van der Waals surface area contributed by atoms with Crippen molar-refractivity contribution < 1.29 is 9.18 Å². The Balaban J connectivity index is 1.59. The Hall–Kier alpha value is -3.03. The Morgan fingerprint density at radius 2 is 1.86 bits per heavy atom. The number of carbonyl (C=O) groups is 1. The van der Waals surface area contributed by atoms with Gasteiger partial charge in [0.05, 0.1) is 11.9 Å². The van der Waals surface area contributed by atoms with Crippen LogP contribution in [-0.4, -0.2) is 31.3 Å². The number of hydrogen-bond donors (Lipinski definition) is 1. The largest absolute Gasteiger partial charge is 0.352 e. The molecule has 0 unspecified atom stereocenters. The molecule has 1 aliphatic carbocycles. The highest BCUT2D eigenvalue weighted by Gasteiger charge is 2.22. The van der Waals surface area contributed by atoms with E-state index in [9.17, 15) is 14.0 Å². The molecule has 152 valence electrons. The van der Waals surface area contributed by atoms with Crippen LogP contribution < -0.4 is 10.9 Å². The molecule has 1 N–H and O–H groups in total. The van der Waals surface area contributed by atoms with Crippen LogP contribution in [0.25, 0.3) is 16.7 Å². The molecule has 1 atom stereocenters. The highest BCUT2D eigenvalue weighted by molar-refractivity contribution is 5.81. The van der Waals surface area contributed by atoms with Crippen molar-refractivity contribution in [3.8, 4) is 5.69 Å². The Bertz CT molecular complexity index is 1060. The monoisotopic (exact) mass is 397 g/mol. The number of benzene rings is 1. The summed E-state index contributed by atoms with van der Waals surface area (Å²) in [6.45, 7) is 1.70. The van der Waals surface area contributed by atoms with Crippen LogP contribution in [0.3, 0.4) is 0 Å². The molecule has 2 aromatic heterocycles. The van der Waals surface area contributed by atoms with Gasteiger partial charge in [-0.3, -0.25) is 14.2 Å². The number of carbonyl (C=O) groups excluding carboxylic acids is 1. The van der Waals surface area contributed by atoms with Gasteiger partial charge in [0, 0.05) is 6.04 Å². The zero-order chi connectivity index (χ0) is 20.4. The molecule has 7 nitrogen and oxygen atoms in total. The summed E-state index contributed by atoms with van der Waals surface area (Å²) < 4.78 is 16.0. The molecule has 1 fully saturated rings. The van der Waals surface area contributed by atoms with Crippen LogP contribution >= 0.6 is 0 Å². The number of amides is 1. The van der Waals surface area contributed by atoms with Crippen molar-refractivity contribution in [2.24, 2.45) is 0 Å². The van der Waals surface area contributed by atoms with Gasteiger partial charge in [0.2, 0.25) is 5.91 Å². The maximum absolute atomic E-state index is 13.2. The maximum atomic E-state index is 13.2. The lowest BCUT2D eigenvalue weighted by molar-refractivity contribution is -0.124. The quantitative estimate of drug-likeness (QED) is 0.686. The van der Waals surface area contributed by atoms with Crippen molar-refractivity contribution in [1.82, 2.24) is 24.6 Å². The zero-order valence-corrected chi connectivity index (χ0v) is 16.3. The highest BCUT2D eigenvalue weighted by atomic mass is 19.1. The predicted molar refractivity (Wildman–Crippen MR) is 107 cm³/mol. The molecule has 1 aliphatic rings. The molecule has 0 spiro atoms. The smallest absolute Gasteiger partial charge is 0.265 e. The second kappa shape index (κ2) is 8.14. The van der Waals surface area contributed by atoms with Gasteiger partial charge < -0.3 is 5.32 Å². The number of nitrogens with zero attached hydrogens (tertiary/aromatic N) is 4. The fraction of sp³-hybridized carbons (Fsp3) is 0.429. The lowest BCUT2D eigenvalue weighted by Gasteiger charge is -2.20. The van der Waals surface area contributed by atoms with Crippen LogP contribution in [0.2, 0.25) is 0 Å². The summed E-state index contributed by atoms with van der Waals surface area (Å²) in [6, 6.07) is 5.28. The lowest BCUT2D eigenvalue weighted by Crippen LogP contribution is -2.41. The summed E-state index contributed by atoms with van der Waals surface area (Å²) >= 11 is 0. The summed E-state index contributed by atoms with van der Waals surface area (Å²) in [5.41, 5.74) is 0.645. The van der Waals surface area contributed by atoms with Gasteiger partial charge in [-0.1, -0.05) is 25.7 Å². The van der Waals surface area contributed by atoms with Crippen molar-refractivity contribution in [3.63, 3.8) is 0 Å². The summed E-state index contributed by atoms with van der Waals surface area (Å²) in [4.78, 5) is 30.0. The number of rotatable bonds is 4. The third-order valence-electron chi connectivity index (χ3n) is 5.58. The van der Waals surface area contributed by atoms with E-state index in [1.54, 1.807) is 19.1 Å². The van der Waals surface area contributed by atoms with E-state index in [4.69, 9.17) is 0 Å².